The number of benzene rings is 2. The third kappa shape index (κ3) is 4.33. The number of aliphatic carboxylic acids is 1. The molecule has 0 spiro atoms. The molecule has 0 saturated heterocycles. The molecule has 162 valence electrons. The summed E-state index contributed by atoms with van der Waals surface area (Å²) >= 11 is 18.6. The monoisotopic (exact) mass is 478 g/mol. The predicted molar refractivity (Wildman–Crippen MR) is 122 cm³/mol. The number of ether oxygens (including phenoxy) is 1. The molecular weight excluding hydrogens is 459 g/mol. The molecule has 0 atom stereocenters. The van der Waals surface area contributed by atoms with Gasteiger partial charge in [0.1, 0.15) is 0 Å². The van der Waals surface area contributed by atoms with Crippen LogP contribution in [0.5, 0.6) is 0 Å². The zero-order valence-electron chi connectivity index (χ0n) is 16.9. The van der Waals surface area contributed by atoms with E-state index in [4.69, 9.17) is 44.6 Å². The van der Waals surface area contributed by atoms with Crippen molar-refractivity contribution in [3.05, 3.63) is 68.8 Å². The van der Waals surface area contributed by atoms with Crippen molar-refractivity contribution >= 4 is 40.8 Å². The van der Waals surface area contributed by atoms with Gasteiger partial charge in [0.05, 0.1) is 28.7 Å². The van der Waals surface area contributed by atoms with Gasteiger partial charge in [-0.05, 0) is 62.9 Å². The molecule has 5 nitrogen and oxygen atoms in total. The summed E-state index contributed by atoms with van der Waals surface area (Å²) in [5, 5.41) is 16.1. The second-order valence-electron chi connectivity index (χ2n) is 7.73. The van der Waals surface area contributed by atoms with Crippen LogP contribution in [0.4, 0.5) is 0 Å². The van der Waals surface area contributed by atoms with E-state index in [0.29, 0.717) is 39.3 Å². The molecule has 31 heavy (non-hydrogen) atoms. The number of carboxylic acids is 1. The highest BCUT2D eigenvalue weighted by atomic mass is 35.5. The van der Waals surface area contributed by atoms with Crippen molar-refractivity contribution in [2.75, 3.05) is 0 Å². The largest absolute Gasteiger partial charge is 0.479 e. The van der Waals surface area contributed by atoms with Gasteiger partial charge in [0.25, 0.3) is 0 Å². The minimum atomic E-state index is -1.14. The van der Waals surface area contributed by atoms with E-state index in [1.807, 2.05) is 31.2 Å². The predicted octanol–water partition coefficient (Wildman–Crippen LogP) is 6.72. The smallest absolute Gasteiger partial charge is 0.335 e. The number of hydrogen-bond donors (Lipinski definition) is 1. The third-order valence-electron chi connectivity index (χ3n) is 5.76. The molecule has 0 aliphatic heterocycles. The summed E-state index contributed by atoms with van der Waals surface area (Å²) in [4.78, 5) is 11.9. The van der Waals surface area contributed by atoms with E-state index in [0.717, 1.165) is 29.7 Å². The van der Waals surface area contributed by atoms with Crippen molar-refractivity contribution in [1.29, 1.82) is 0 Å². The molecular formula is C23H21Cl3N2O3. The molecule has 1 fully saturated rings. The summed E-state index contributed by atoms with van der Waals surface area (Å²) in [5.74, 6) is -0.916. The van der Waals surface area contributed by atoms with Gasteiger partial charge in [0, 0.05) is 21.2 Å². The molecule has 0 unspecified atom stereocenters. The first-order chi connectivity index (χ1) is 14.8. The van der Waals surface area contributed by atoms with Crippen LogP contribution in [0, 0.1) is 6.92 Å². The number of carbonyl (C=O) groups is 1. The maximum Gasteiger partial charge on any atom is 0.335 e. The second kappa shape index (κ2) is 8.83. The molecule has 0 amide bonds. The summed E-state index contributed by atoms with van der Waals surface area (Å²) in [7, 11) is 0. The summed E-state index contributed by atoms with van der Waals surface area (Å²) in [6, 6.07) is 12.7. The van der Waals surface area contributed by atoms with Gasteiger partial charge in [-0.25, -0.2) is 9.48 Å². The Labute approximate surface area is 195 Å². The Hall–Kier alpha value is -2.05. The Balaban J connectivity index is 1.78. The van der Waals surface area contributed by atoms with Crippen LogP contribution in [0.3, 0.4) is 0 Å². The molecule has 2 aromatic carbocycles. The third-order valence-corrected chi connectivity index (χ3v) is 6.55. The van der Waals surface area contributed by atoms with Crippen molar-refractivity contribution in [2.24, 2.45) is 0 Å². The molecule has 1 N–H and O–H groups in total. The second-order valence-corrected chi connectivity index (χ2v) is 9.01. The lowest BCUT2D eigenvalue weighted by Gasteiger charge is -2.23. The lowest BCUT2D eigenvalue weighted by atomic mass is 10.0. The Morgan fingerprint density at radius 2 is 1.74 bits per heavy atom. The lowest BCUT2D eigenvalue weighted by molar-refractivity contribution is -0.167. The molecule has 1 heterocycles. The van der Waals surface area contributed by atoms with E-state index >= 15 is 0 Å². The van der Waals surface area contributed by atoms with Gasteiger partial charge in [0.15, 0.2) is 5.60 Å². The lowest BCUT2D eigenvalue weighted by Crippen LogP contribution is -2.38. The molecule has 1 saturated carbocycles. The van der Waals surface area contributed by atoms with E-state index < -0.39 is 11.6 Å². The minimum Gasteiger partial charge on any atom is -0.479 e. The first-order valence-corrected chi connectivity index (χ1v) is 11.1. The van der Waals surface area contributed by atoms with Crippen molar-refractivity contribution in [1.82, 2.24) is 9.78 Å². The van der Waals surface area contributed by atoms with Gasteiger partial charge in [-0.1, -0.05) is 46.9 Å². The zero-order chi connectivity index (χ0) is 22.2. The highest BCUT2D eigenvalue weighted by Gasteiger charge is 2.42. The topological polar surface area (TPSA) is 64.3 Å². The van der Waals surface area contributed by atoms with Crippen molar-refractivity contribution in [3.8, 4) is 16.9 Å². The SMILES string of the molecule is Cc1c(COC2(C(=O)O)CCCC2)nn(-c2ccc(Cl)cc2Cl)c1-c1ccc(Cl)cc1. The van der Waals surface area contributed by atoms with Crippen LogP contribution in [-0.4, -0.2) is 26.5 Å². The molecule has 1 aliphatic rings. The van der Waals surface area contributed by atoms with Crippen LogP contribution in [0.25, 0.3) is 16.9 Å². The summed E-state index contributed by atoms with van der Waals surface area (Å²) in [6.07, 6.45) is 2.70. The summed E-state index contributed by atoms with van der Waals surface area (Å²) in [6.45, 7) is 2.04. The van der Waals surface area contributed by atoms with Crippen molar-refractivity contribution in [3.63, 3.8) is 0 Å². The number of aromatic nitrogens is 2. The maximum atomic E-state index is 11.9. The molecule has 0 bridgehead atoms. The molecule has 1 aliphatic carbocycles. The van der Waals surface area contributed by atoms with E-state index in [9.17, 15) is 9.90 Å². The summed E-state index contributed by atoms with van der Waals surface area (Å²) < 4.78 is 7.72. The van der Waals surface area contributed by atoms with E-state index in [1.54, 1.807) is 22.9 Å². The summed E-state index contributed by atoms with van der Waals surface area (Å²) in [5.41, 5.74) is 2.79. The number of nitrogens with zero attached hydrogens (tertiary/aromatic N) is 2. The van der Waals surface area contributed by atoms with Gasteiger partial charge in [0.2, 0.25) is 0 Å². The van der Waals surface area contributed by atoms with Crippen molar-refractivity contribution < 1.29 is 14.6 Å². The Morgan fingerprint density at radius 1 is 1.10 bits per heavy atom. The van der Waals surface area contributed by atoms with Crippen LogP contribution in [0.2, 0.25) is 15.1 Å². The van der Waals surface area contributed by atoms with Crippen LogP contribution in [0.15, 0.2) is 42.5 Å². The normalized spacial score (nSPS) is 15.4. The van der Waals surface area contributed by atoms with Crippen LogP contribution >= 0.6 is 34.8 Å². The Kier molecular flexibility index (Phi) is 6.31. The number of hydrogen-bond acceptors (Lipinski definition) is 3. The Morgan fingerprint density at radius 3 is 2.35 bits per heavy atom. The molecule has 4 rings (SSSR count). The van der Waals surface area contributed by atoms with Gasteiger partial charge >= 0.3 is 5.97 Å². The van der Waals surface area contributed by atoms with E-state index in [-0.39, 0.29) is 6.61 Å². The first-order valence-electron chi connectivity index (χ1n) is 9.98. The fourth-order valence-corrected chi connectivity index (χ4v) is 4.64. The number of halogens is 3. The number of carboxylic acid groups (broad SMARTS) is 1. The van der Waals surface area contributed by atoms with Gasteiger partial charge in [-0.3, -0.25) is 0 Å². The van der Waals surface area contributed by atoms with Gasteiger partial charge in [-0.2, -0.15) is 5.10 Å². The highest BCUT2D eigenvalue weighted by molar-refractivity contribution is 6.35. The van der Waals surface area contributed by atoms with Gasteiger partial charge < -0.3 is 9.84 Å². The van der Waals surface area contributed by atoms with Crippen molar-refractivity contribution in [2.45, 2.75) is 44.8 Å². The maximum absolute atomic E-state index is 11.9. The standard InChI is InChI=1S/C23H21Cl3N2O3/c1-14-19(13-31-23(22(29)30)10-2-3-11-23)27-28(20-9-8-17(25)12-18(20)26)21(14)15-4-6-16(24)7-5-15/h4-9,12H,2-3,10-11,13H2,1H3,(H,29,30). The van der Waals surface area contributed by atoms with Gasteiger partial charge in [-0.15, -0.1) is 0 Å². The fourth-order valence-electron chi connectivity index (χ4n) is 4.02. The molecule has 1 aromatic heterocycles. The minimum absolute atomic E-state index is 0.0942. The molecule has 3 aromatic rings. The van der Waals surface area contributed by atoms with Crippen LogP contribution in [-0.2, 0) is 16.1 Å². The quantitative estimate of drug-likeness (QED) is 0.426. The average molecular weight is 480 g/mol. The zero-order valence-corrected chi connectivity index (χ0v) is 19.1. The van der Waals surface area contributed by atoms with Crippen LogP contribution in [0.1, 0.15) is 36.9 Å². The average Bonchev–Trinajstić information content (AvgIpc) is 3.33. The van der Waals surface area contributed by atoms with Crippen LogP contribution < -0.4 is 0 Å². The first kappa shape index (κ1) is 22.2. The highest BCUT2D eigenvalue weighted by Crippen LogP contribution is 2.37. The molecule has 0 radical (unpaired) electrons. The van der Waals surface area contributed by atoms with E-state index in [1.165, 1.54) is 0 Å². The number of rotatable bonds is 6. The van der Waals surface area contributed by atoms with E-state index in [2.05, 4.69) is 0 Å². The Bertz CT molecular complexity index is 1120. The molecule has 8 heteroatoms. The fraction of sp³-hybridized carbons (Fsp3) is 0.304.